The number of aryl methyl sites for hydroxylation is 2. The van der Waals surface area contributed by atoms with E-state index >= 15 is 0 Å². The van der Waals surface area contributed by atoms with Crippen LogP contribution in [-0.4, -0.2) is 58.5 Å². The van der Waals surface area contributed by atoms with Crippen molar-refractivity contribution in [3.63, 3.8) is 0 Å². The van der Waals surface area contributed by atoms with E-state index in [-0.39, 0.29) is 30.6 Å². The SMILES string of the molecule is Cc1nn(C)c(N2CCCC(C(=O)NCCNC(=O)OC(C)(C)C)C2)c1[N+](=O)[O-]. The summed E-state index contributed by atoms with van der Waals surface area (Å²) in [4.78, 5) is 37.0. The summed E-state index contributed by atoms with van der Waals surface area (Å²) in [7, 11) is 1.67. The molecule has 11 nitrogen and oxygen atoms in total. The molecule has 1 aliphatic rings. The normalized spacial score (nSPS) is 17.0. The number of nitrogens with zero attached hydrogens (tertiary/aromatic N) is 4. The Morgan fingerprint density at radius 2 is 1.97 bits per heavy atom. The lowest BCUT2D eigenvalue weighted by Crippen LogP contribution is -2.45. The van der Waals surface area contributed by atoms with Crippen molar-refractivity contribution in [2.45, 2.75) is 46.1 Å². The largest absolute Gasteiger partial charge is 0.444 e. The van der Waals surface area contributed by atoms with Crippen LogP contribution >= 0.6 is 0 Å². The van der Waals surface area contributed by atoms with Crippen molar-refractivity contribution in [3.8, 4) is 0 Å². The monoisotopic (exact) mass is 410 g/mol. The van der Waals surface area contributed by atoms with Gasteiger partial charge in [-0.3, -0.25) is 14.9 Å². The second-order valence-corrected chi connectivity index (χ2v) is 8.14. The van der Waals surface area contributed by atoms with E-state index in [1.54, 1.807) is 34.7 Å². The van der Waals surface area contributed by atoms with Gasteiger partial charge in [-0.15, -0.1) is 0 Å². The highest BCUT2D eigenvalue weighted by atomic mass is 16.6. The Kier molecular flexibility index (Phi) is 7.04. The van der Waals surface area contributed by atoms with Gasteiger partial charge in [0.05, 0.1) is 10.8 Å². The lowest BCUT2D eigenvalue weighted by Gasteiger charge is -2.32. The van der Waals surface area contributed by atoms with Gasteiger partial charge in [-0.05, 0) is 40.5 Å². The molecule has 162 valence electrons. The Bertz CT molecular complexity index is 770. The van der Waals surface area contributed by atoms with Crippen LogP contribution in [0.3, 0.4) is 0 Å². The summed E-state index contributed by atoms with van der Waals surface area (Å²) in [6.45, 7) is 8.47. The molecule has 0 bridgehead atoms. The maximum absolute atomic E-state index is 12.5. The molecule has 1 saturated heterocycles. The van der Waals surface area contributed by atoms with Crippen LogP contribution in [0.2, 0.25) is 0 Å². The Balaban J connectivity index is 1.89. The van der Waals surface area contributed by atoms with Crippen molar-refractivity contribution >= 4 is 23.5 Å². The Hall–Kier alpha value is -2.85. The number of hydrogen-bond acceptors (Lipinski definition) is 7. The van der Waals surface area contributed by atoms with Crippen LogP contribution < -0.4 is 15.5 Å². The van der Waals surface area contributed by atoms with Crippen LogP contribution in [0.15, 0.2) is 0 Å². The van der Waals surface area contributed by atoms with E-state index in [0.717, 1.165) is 6.42 Å². The molecule has 11 heteroatoms. The number of anilines is 1. The minimum absolute atomic E-state index is 0.0184. The number of alkyl carbamates (subject to hydrolysis) is 1. The maximum Gasteiger partial charge on any atom is 0.407 e. The molecule has 2 amide bonds. The molecule has 1 fully saturated rings. The zero-order valence-electron chi connectivity index (χ0n) is 17.7. The molecule has 2 heterocycles. The molecule has 2 N–H and O–H groups in total. The molecule has 1 aromatic rings. The predicted octanol–water partition coefficient (Wildman–Crippen LogP) is 1.49. The average Bonchev–Trinajstić information content (AvgIpc) is 2.91. The number of nitrogens with one attached hydrogen (secondary N) is 2. The van der Waals surface area contributed by atoms with Crippen molar-refractivity contribution in [1.82, 2.24) is 20.4 Å². The number of aromatic nitrogens is 2. The fraction of sp³-hybridized carbons (Fsp3) is 0.722. The zero-order valence-corrected chi connectivity index (χ0v) is 17.7. The number of carbonyl (C=O) groups is 2. The fourth-order valence-corrected chi connectivity index (χ4v) is 3.40. The number of amides is 2. The molecule has 1 aliphatic heterocycles. The molecular formula is C18H30N6O5. The van der Waals surface area contributed by atoms with E-state index in [1.807, 2.05) is 4.90 Å². The summed E-state index contributed by atoms with van der Waals surface area (Å²) in [6.07, 6.45) is 0.914. The molecule has 1 unspecified atom stereocenters. The average molecular weight is 410 g/mol. The third-order valence-electron chi connectivity index (χ3n) is 4.53. The second-order valence-electron chi connectivity index (χ2n) is 8.14. The Labute approximate surface area is 169 Å². The highest BCUT2D eigenvalue weighted by Gasteiger charge is 2.33. The van der Waals surface area contributed by atoms with Crippen LogP contribution in [0.1, 0.15) is 39.3 Å². The van der Waals surface area contributed by atoms with Crippen molar-refractivity contribution in [3.05, 3.63) is 15.8 Å². The maximum atomic E-state index is 12.5. The molecule has 0 spiro atoms. The first-order chi connectivity index (χ1) is 13.5. The van der Waals surface area contributed by atoms with Crippen molar-refractivity contribution in [2.24, 2.45) is 13.0 Å². The smallest absolute Gasteiger partial charge is 0.407 e. The number of carbonyl (C=O) groups excluding carboxylic acids is 2. The van der Waals surface area contributed by atoms with Crippen LogP contribution in [0.25, 0.3) is 0 Å². The molecule has 2 rings (SSSR count). The van der Waals surface area contributed by atoms with Gasteiger partial charge in [0.25, 0.3) is 0 Å². The molecule has 29 heavy (non-hydrogen) atoms. The summed E-state index contributed by atoms with van der Waals surface area (Å²) >= 11 is 0. The highest BCUT2D eigenvalue weighted by Crippen LogP contribution is 2.33. The minimum atomic E-state index is -0.578. The molecule has 0 aliphatic carbocycles. The van der Waals surface area contributed by atoms with Gasteiger partial charge in [-0.1, -0.05) is 0 Å². The minimum Gasteiger partial charge on any atom is -0.444 e. The van der Waals surface area contributed by atoms with Crippen LogP contribution in [0, 0.1) is 23.0 Å². The van der Waals surface area contributed by atoms with Crippen molar-refractivity contribution < 1.29 is 19.2 Å². The van der Waals surface area contributed by atoms with Crippen LogP contribution in [0.5, 0.6) is 0 Å². The lowest BCUT2D eigenvalue weighted by molar-refractivity contribution is -0.384. The van der Waals surface area contributed by atoms with Crippen LogP contribution in [-0.2, 0) is 16.6 Å². The first-order valence-electron chi connectivity index (χ1n) is 9.67. The van der Waals surface area contributed by atoms with E-state index in [2.05, 4.69) is 15.7 Å². The Morgan fingerprint density at radius 1 is 1.31 bits per heavy atom. The predicted molar refractivity (Wildman–Crippen MR) is 107 cm³/mol. The fourth-order valence-electron chi connectivity index (χ4n) is 3.40. The van der Waals surface area contributed by atoms with Gasteiger partial charge in [-0.2, -0.15) is 5.10 Å². The molecule has 0 radical (unpaired) electrons. The molecular weight excluding hydrogens is 380 g/mol. The van der Waals surface area contributed by atoms with Gasteiger partial charge in [0, 0.05) is 33.2 Å². The van der Waals surface area contributed by atoms with E-state index in [1.165, 1.54) is 4.68 Å². The van der Waals surface area contributed by atoms with Crippen molar-refractivity contribution in [2.75, 3.05) is 31.1 Å². The Morgan fingerprint density at radius 3 is 2.59 bits per heavy atom. The third-order valence-corrected chi connectivity index (χ3v) is 4.53. The quantitative estimate of drug-likeness (QED) is 0.412. The van der Waals surface area contributed by atoms with Gasteiger partial charge in [0.15, 0.2) is 0 Å². The number of nitro groups is 1. The topological polar surface area (TPSA) is 132 Å². The molecule has 1 atom stereocenters. The standard InChI is InChI=1S/C18H30N6O5/c1-12-14(24(27)28)16(22(5)21-12)23-10-6-7-13(11-23)15(25)19-8-9-20-17(26)29-18(2,3)4/h13H,6-11H2,1-5H3,(H,19,25)(H,20,26). The first kappa shape index (κ1) is 22.4. The van der Waals surface area contributed by atoms with Gasteiger partial charge < -0.3 is 20.3 Å². The van der Waals surface area contributed by atoms with E-state index in [0.29, 0.717) is 31.0 Å². The van der Waals surface area contributed by atoms with Crippen molar-refractivity contribution in [1.29, 1.82) is 0 Å². The highest BCUT2D eigenvalue weighted by molar-refractivity contribution is 5.80. The zero-order chi connectivity index (χ0) is 21.8. The number of hydrogen-bond donors (Lipinski definition) is 2. The summed E-state index contributed by atoms with van der Waals surface area (Å²) < 4.78 is 6.63. The molecule has 0 saturated carbocycles. The molecule has 1 aromatic heterocycles. The number of rotatable bonds is 6. The number of ether oxygens (including phenoxy) is 1. The van der Waals surface area contributed by atoms with Gasteiger partial charge in [0.1, 0.15) is 11.3 Å². The van der Waals surface area contributed by atoms with Gasteiger partial charge >= 0.3 is 11.8 Å². The first-order valence-corrected chi connectivity index (χ1v) is 9.67. The second kappa shape index (κ2) is 9.10. The summed E-state index contributed by atoms with van der Waals surface area (Å²) in [6, 6.07) is 0. The summed E-state index contributed by atoms with van der Waals surface area (Å²) in [5.41, 5.74) is -0.242. The third kappa shape index (κ3) is 6.06. The van der Waals surface area contributed by atoms with Gasteiger partial charge in [-0.25, -0.2) is 9.48 Å². The molecule has 0 aromatic carbocycles. The van der Waals surface area contributed by atoms with Crippen LogP contribution in [0.4, 0.5) is 16.3 Å². The lowest BCUT2D eigenvalue weighted by atomic mass is 9.97. The summed E-state index contributed by atoms with van der Waals surface area (Å²) in [5, 5.41) is 21.0. The van der Waals surface area contributed by atoms with E-state index in [4.69, 9.17) is 4.74 Å². The number of piperidine rings is 1. The summed E-state index contributed by atoms with van der Waals surface area (Å²) in [5.74, 6) is -0.00101. The van der Waals surface area contributed by atoms with E-state index in [9.17, 15) is 19.7 Å². The van der Waals surface area contributed by atoms with E-state index < -0.39 is 16.6 Å². The van der Waals surface area contributed by atoms with Gasteiger partial charge in [0.2, 0.25) is 11.7 Å².